The molecular weight excluding hydrogens is 292 g/mol. The monoisotopic (exact) mass is 312 g/mol. The first kappa shape index (κ1) is 17.3. The van der Waals surface area contributed by atoms with Crippen LogP contribution in [0.1, 0.15) is 38.3 Å². The molecule has 21 heavy (non-hydrogen) atoms. The number of carboxylic acid groups (broad SMARTS) is 1. The Morgan fingerprint density at radius 1 is 1.29 bits per heavy atom. The Balaban J connectivity index is 2.45. The minimum absolute atomic E-state index is 0.127. The number of carboxylic acids is 1. The molecule has 0 spiro atoms. The van der Waals surface area contributed by atoms with E-state index in [9.17, 15) is 9.59 Å². The molecule has 0 aliphatic carbocycles. The van der Waals surface area contributed by atoms with E-state index in [1.807, 2.05) is 26.0 Å². The Bertz CT molecular complexity index is 476. The van der Waals surface area contributed by atoms with Gasteiger partial charge < -0.3 is 15.7 Å². The van der Waals surface area contributed by atoms with Crippen molar-refractivity contribution in [2.75, 3.05) is 6.54 Å². The Hall–Kier alpha value is -1.75. The lowest BCUT2D eigenvalue weighted by Gasteiger charge is -2.17. The molecule has 0 saturated heterocycles. The summed E-state index contributed by atoms with van der Waals surface area (Å²) in [6.45, 7) is 3.89. The zero-order valence-electron chi connectivity index (χ0n) is 12.2. The quantitative estimate of drug-likeness (QED) is 0.723. The van der Waals surface area contributed by atoms with Crippen molar-refractivity contribution in [2.24, 2.45) is 5.92 Å². The van der Waals surface area contributed by atoms with Crippen molar-refractivity contribution in [3.8, 4) is 0 Å². The Morgan fingerprint density at radius 3 is 2.43 bits per heavy atom. The second-order valence-electron chi connectivity index (χ2n) is 4.95. The summed E-state index contributed by atoms with van der Waals surface area (Å²) in [7, 11) is 0. The van der Waals surface area contributed by atoms with Crippen LogP contribution in [0.4, 0.5) is 4.79 Å². The van der Waals surface area contributed by atoms with Gasteiger partial charge >= 0.3 is 12.0 Å². The number of nitrogens with one attached hydrogen (secondary N) is 2. The highest BCUT2D eigenvalue weighted by atomic mass is 35.5. The van der Waals surface area contributed by atoms with Crippen LogP contribution < -0.4 is 10.6 Å². The van der Waals surface area contributed by atoms with E-state index in [-0.39, 0.29) is 18.6 Å². The molecule has 0 bridgehead atoms. The minimum Gasteiger partial charge on any atom is -0.481 e. The third kappa shape index (κ3) is 6.04. The highest BCUT2D eigenvalue weighted by Crippen LogP contribution is 2.15. The van der Waals surface area contributed by atoms with Gasteiger partial charge in [-0.2, -0.15) is 0 Å². The second kappa shape index (κ2) is 8.52. The van der Waals surface area contributed by atoms with E-state index in [2.05, 4.69) is 10.6 Å². The molecule has 1 rings (SSSR count). The third-order valence-electron chi connectivity index (χ3n) is 3.21. The van der Waals surface area contributed by atoms with E-state index >= 15 is 0 Å². The molecular formula is C15H21ClN2O3. The molecule has 2 amide bonds. The number of amides is 2. The van der Waals surface area contributed by atoms with E-state index in [1.54, 1.807) is 12.1 Å². The van der Waals surface area contributed by atoms with Gasteiger partial charge in [0.05, 0.1) is 12.0 Å². The molecule has 1 aromatic carbocycles. The van der Waals surface area contributed by atoms with Crippen molar-refractivity contribution < 1.29 is 14.7 Å². The molecule has 5 nitrogen and oxygen atoms in total. The van der Waals surface area contributed by atoms with E-state index < -0.39 is 11.9 Å². The summed E-state index contributed by atoms with van der Waals surface area (Å²) in [5, 5.41) is 15.0. The number of halogens is 1. The van der Waals surface area contributed by atoms with Crippen molar-refractivity contribution >= 4 is 23.6 Å². The lowest BCUT2D eigenvalue weighted by molar-refractivity contribution is -0.141. The molecule has 3 N–H and O–H groups in total. The van der Waals surface area contributed by atoms with Crippen LogP contribution in [0, 0.1) is 5.92 Å². The first-order chi connectivity index (χ1) is 9.93. The standard InChI is InChI=1S/C15H21ClN2O3/c1-3-4-12(14(19)20)9-17-15(21)18-10(2)11-5-7-13(16)8-6-11/h5-8,10,12H,3-4,9H2,1-2H3,(H,19,20)(H2,17,18,21). The van der Waals surface area contributed by atoms with Gasteiger partial charge in [-0.25, -0.2) is 4.79 Å². The molecule has 0 aliphatic rings. The van der Waals surface area contributed by atoms with Crippen molar-refractivity contribution in [2.45, 2.75) is 32.7 Å². The van der Waals surface area contributed by atoms with E-state index in [4.69, 9.17) is 16.7 Å². The largest absolute Gasteiger partial charge is 0.481 e. The topological polar surface area (TPSA) is 78.4 Å². The van der Waals surface area contributed by atoms with Crippen LogP contribution >= 0.6 is 11.6 Å². The van der Waals surface area contributed by atoms with Crippen LogP contribution in [-0.2, 0) is 4.79 Å². The highest BCUT2D eigenvalue weighted by molar-refractivity contribution is 6.30. The normalized spacial score (nSPS) is 13.3. The number of carbonyl (C=O) groups excluding carboxylic acids is 1. The van der Waals surface area contributed by atoms with Gasteiger partial charge in [-0.05, 0) is 31.0 Å². The van der Waals surface area contributed by atoms with Crippen LogP contribution in [0.3, 0.4) is 0 Å². The molecule has 0 aliphatic heterocycles. The van der Waals surface area contributed by atoms with Crippen molar-refractivity contribution in [1.29, 1.82) is 0 Å². The fraction of sp³-hybridized carbons (Fsp3) is 0.467. The molecule has 0 aromatic heterocycles. The third-order valence-corrected chi connectivity index (χ3v) is 3.46. The van der Waals surface area contributed by atoms with E-state index in [1.165, 1.54) is 0 Å². The van der Waals surface area contributed by atoms with Crippen LogP contribution in [0.25, 0.3) is 0 Å². The van der Waals surface area contributed by atoms with Crippen LogP contribution in [-0.4, -0.2) is 23.7 Å². The van der Waals surface area contributed by atoms with Gasteiger partial charge in [0.25, 0.3) is 0 Å². The summed E-state index contributed by atoms with van der Waals surface area (Å²) in [5.41, 5.74) is 0.929. The predicted molar refractivity (Wildman–Crippen MR) is 82.4 cm³/mol. The zero-order valence-corrected chi connectivity index (χ0v) is 13.0. The van der Waals surface area contributed by atoms with Gasteiger partial charge in [-0.1, -0.05) is 37.1 Å². The summed E-state index contributed by atoms with van der Waals surface area (Å²) in [4.78, 5) is 22.8. The lowest BCUT2D eigenvalue weighted by Crippen LogP contribution is -2.40. The number of hydrogen-bond acceptors (Lipinski definition) is 2. The lowest BCUT2D eigenvalue weighted by atomic mass is 10.0. The average Bonchev–Trinajstić information content (AvgIpc) is 2.43. The molecule has 0 heterocycles. The number of rotatable bonds is 7. The molecule has 0 radical (unpaired) electrons. The highest BCUT2D eigenvalue weighted by Gasteiger charge is 2.17. The summed E-state index contributed by atoms with van der Waals surface area (Å²) in [6.07, 6.45) is 1.31. The summed E-state index contributed by atoms with van der Waals surface area (Å²) >= 11 is 5.81. The van der Waals surface area contributed by atoms with Crippen molar-refractivity contribution in [3.63, 3.8) is 0 Å². The SMILES string of the molecule is CCCC(CNC(=O)NC(C)c1ccc(Cl)cc1)C(=O)O. The molecule has 2 unspecified atom stereocenters. The van der Waals surface area contributed by atoms with Crippen LogP contribution in [0.15, 0.2) is 24.3 Å². The van der Waals surface area contributed by atoms with Gasteiger partial charge in [0.2, 0.25) is 0 Å². The summed E-state index contributed by atoms with van der Waals surface area (Å²) in [5.74, 6) is -1.44. The number of benzene rings is 1. The fourth-order valence-corrected chi connectivity index (χ4v) is 2.09. The smallest absolute Gasteiger partial charge is 0.315 e. The number of aliphatic carboxylic acids is 1. The molecule has 6 heteroatoms. The minimum atomic E-state index is -0.886. The maximum Gasteiger partial charge on any atom is 0.315 e. The molecule has 116 valence electrons. The Labute approximate surface area is 129 Å². The van der Waals surface area contributed by atoms with Crippen molar-refractivity contribution in [3.05, 3.63) is 34.9 Å². The van der Waals surface area contributed by atoms with Crippen LogP contribution in [0.2, 0.25) is 5.02 Å². The molecule has 1 aromatic rings. The Kier molecular flexibility index (Phi) is 7.02. The van der Waals surface area contributed by atoms with Gasteiger partial charge in [0.15, 0.2) is 0 Å². The second-order valence-corrected chi connectivity index (χ2v) is 5.39. The maximum atomic E-state index is 11.8. The van der Waals surface area contributed by atoms with Gasteiger partial charge in [0.1, 0.15) is 0 Å². The number of hydrogen-bond donors (Lipinski definition) is 3. The van der Waals surface area contributed by atoms with Gasteiger partial charge in [-0.3, -0.25) is 4.79 Å². The number of carbonyl (C=O) groups is 2. The molecule has 2 atom stereocenters. The van der Waals surface area contributed by atoms with E-state index in [0.717, 1.165) is 12.0 Å². The Morgan fingerprint density at radius 2 is 1.90 bits per heavy atom. The number of urea groups is 1. The zero-order chi connectivity index (χ0) is 15.8. The molecule has 0 fully saturated rings. The van der Waals surface area contributed by atoms with Crippen molar-refractivity contribution in [1.82, 2.24) is 10.6 Å². The maximum absolute atomic E-state index is 11.8. The molecule has 0 saturated carbocycles. The predicted octanol–water partition coefficient (Wildman–Crippen LogP) is 3.20. The summed E-state index contributed by atoms with van der Waals surface area (Å²) in [6, 6.07) is 6.63. The fourth-order valence-electron chi connectivity index (χ4n) is 1.96. The van der Waals surface area contributed by atoms with E-state index in [0.29, 0.717) is 11.4 Å². The van der Waals surface area contributed by atoms with Gasteiger partial charge in [-0.15, -0.1) is 0 Å². The van der Waals surface area contributed by atoms with Crippen LogP contribution in [0.5, 0.6) is 0 Å². The van der Waals surface area contributed by atoms with Gasteiger partial charge in [0, 0.05) is 11.6 Å². The first-order valence-corrected chi connectivity index (χ1v) is 7.34. The summed E-state index contributed by atoms with van der Waals surface area (Å²) < 4.78 is 0. The average molecular weight is 313 g/mol. The first-order valence-electron chi connectivity index (χ1n) is 6.96.